The minimum absolute atomic E-state index is 0.0219. The van der Waals surface area contributed by atoms with Crippen molar-refractivity contribution in [2.24, 2.45) is 17.8 Å². The summed E-state index contributed by atoms with van der Waals surface area (Å²) in [6.07, 6.45) is 8.52. The average molecular weight is 765 g/mol. The summed E-state index contributed by atoms with van der Waals surface area (Å²) < 4.78 is 21.7. The number of benzene rings is 2. The molecule has 5 atom stereocenters. The molecule has 3 aromatic heterocycles. The largest absolute Gasteiger partial charge is 0.337 e. The second-order valence-corrected chi connectivity index (χ2v) is 17.6. The molecule has 276 valence electrons. The third kappa shape index (κ3) is 4.76. The first-order valence-corrected chi connectivity index (χ1v) is 20.2. The van der Waals surface area contributed by atoms with Crippen LogP contribution in [0.25, 0.3) is 32.9 Å². The number of halogens is 3. The lowest BCUT2D eigenvalue weighted by Gasteiger charge is -2.39. The van der Waals surface area contributed by atoms with Gasteiger partial charge in [-0.3, -0.25) is 4.79 Å². The van der Waals surface area contributed by atoms with Crippen molar-refractivity contribution in [2.75, 3.05) is 19.6 Å². The molecule has 8 aliphatic rings. The first kappa shape index (κ1) is 33.3. The first-order chi connectivity index (χ1) is 26.2. The van der Waals surface area contributed by atoms with E-state index >= 15 is 4.39 Å². The van der Waals surface area contributed by atoms with E-state index in [1.165, 1.54) is 0 Å². The number of nitrogens with one attached hydrogen (secondary N) is 2. The van der Waals surface area contributed by atoms with Crippen molar-refractivity contribution in [3.63, 3.8) is 0 Å². The molecule has 4 bridgehead atoms. The van der Waals surface area contributed by atoms with E-state index in [0.29, 0.717) is 52.4 Å². The lowest BCUT2D eigenvalue weighted by Crippen LogP contribution is -2.41. The van der Waals surface area contributed by atoms with Gasteiger partial charge in [0, 0.05) is 64.8 Å². The van der Waals surface area contributed by atoms with Gasteiger partial charge in [0.2, 0.25) is 5.91 Å². The molecule has 8 fully saturated rings. The van der Waals surface area contributed by atoms with Crippen LogP contribution in [0.1, 0.15) is 85.7 Å². The van der Waals surface area contributed by atoms with Crippen molar-refractivity contribution in [2.45, 2.75) is 88.0 Å². The van der Waals surface area contributed by atoms with Crippen LogP contribution in [0.5, 0.6) is 0 Å². The summed E-state index contributed by atoms with van der Waals surface area (Å²) in [6, 6.07) is 11.9. The van der Waals surface area contributed by atoms with Gasteiger partial charge in [-0.1, -0.05) is 40.5 Å². The van der Waals surface area contributed by atoms with Crippen molar-refractivity contribution in [1.82, 2.24) is 40.1 Å². The molecular formula is C41H40Cl2FN9O. The zero-order valence-electron chi connectivity index (χ0n) is 30.0. The predicted octanol–water partition coefficient (Wildman–Crippen LogP) is 7.32. The lowest BCUT2D eigenvalue weighted by atomic mass is 9.72. The highest BCUT2D eigenvalue weighted by atomic mass is 35.5. The molecule has 0 radical (unpaired) electrons. The topological polar surface area (TPSA) is 117 Å². The normalized spacial score (nSPS) is 29.6. The van der Waals surface area contributed by atoms with Crippen LogP contribution in [0.4, 0.5) is 4.39 Å². The average Bonchev–Trinajstić information content (AvgIpc) is 3.87. The van der Waals surface area contributed by atoms with E-state index in [1.807, 2.05) is 17.7 Å². The second-order valence-electron chi connectivity index (χ2n) is 16.8. The first-order valence-electron chi connectivity index (χ1n) is 19.4. The van der Waals surface area contributed by atoms with E-state index < -0.39 is 5.82 Å². The molecule has 2 aromatic carbocycles. The van der Waals surface area contributed by atoms with Gasteiger partial charge < -0.3 is 20.1 Å². The standard InChI is InChI=1S/C41H40Cl2FN9O/c1-20-27-13-32(31-12-25(18-51(31)40(54)22-7-8-22)52-19-33(49-50-52)41-14-21(15-41)16-47-41)53(38-24-11-30(38)46-17-24)39(27)28-10-23(4-3-9-45)34(36(44)37(28)48-20)26-5-2-6-29(42)35(26)43/h2,5-6,10,13,19,21-22,24-25,30-31,38,46-47H,3-4,7-8,11-12,14-18H2,1H3/t21?,24-,25+,30-,31-,38+,41?/m1/s1. The number of nitriles is 1. The maximum atomic E-state index is 17.3. The van der Waals surface area contributed by atoms with E-state index in [9.17, 15) is 10.1 Å². The number of hydrogen-bond donors (Lipinski definition) is 2. The highest BCUT2D eigenvalue weighted by molar-refractivity contribution is 6.43. The molecule has 2 N–H and O–H groups in total. The van der Waals surface area contributed by atoms with Gasteiger partial charge in [0.25, 0.3) is 0 Å². The van der Waals surface area contributed by atoms with E-state index in [0.717, 1.165) is 79.1 Å². The van der Waals surface area contributed by atoms with E-state index in [-0.39, 0.29) is 58.5 Å². The Hall–Kier alpha value is -4.08. The molecule has 3 saturated carbocycles. The number of fused-ring (bicyclic) bond motifs is 5. The van der Waals surface area contributed by atoms with Gasteiger partial charge in [-0.05, 0) is 94.0 Å². The van der Waals surface area contributed by atoms with Crippen LogP contribution in [0.3, 0.4) is 0 Å². The molecule has 5 saturated heterocycles. The minimum Gasteiger partial charge on any atom is -0.337 e. The summed E-state index contributed by atoms with van der Waals surface area (Å²) in [7, 11) is 0. The second kappa shape index (κ2) is 12.0. The number of carbonyl (C=O) groups excluding carboxylic acids is 1. The number of pyridine rings is 1. The molecule has 8 heterocycles. The predicted molar refractivity (Wildman–Crippen MR) is 204 cm³/mol. The van der Waals surface area contributed by atoms with Crippen LogP contribution in [0.2, 0.25) is 10.0 Å². The molecule has 54 heavy (non-hydrogen) atoms. The van der Waals surface area contributed by atoms with Crippen LogP contribution >= 0.6 is 23.2 Å². The fraction of sp³-hybridized carbons (Fsp3) is 0.488. The smallest absolute Gasteiger partial charge is 0.226 e. The Labute approximate surface area is 322 Å². The summed E-state index contributed by atoms with van der Waals surface area (Å²) in [5.74, 6) is 0.943. The monoisotopic (exact) mass is 763 g/mol. The minimum atomic E-state index is -0.471. The number of likely N-dealkylation sites (tertiary alicyclic amines) is 1. The van der Waals surface area contributed by atoms with Gasteiger partial charge in [-0.25, -0.2) is 14.1 Å². The highest BCUT2D eigenvalue weighted by Crippen LogP contribution is 2.53. The summed E-state index contributed by atoms with van der Waals surface area (Å²) in [6.45, 7) is 4.47. The Morgan fingerprint density at radius 1 is 1.15 bits per heavy atom. The molecule has 5 aromatic rings. The molecule has 3 aliphatic carbocycles. The molecule has 0 spiro atoms. The van der Waals surface area contributed by atoms with Gasteiger partial charge in [0.05, 0.1) is 51.5 Å². The number of rotatable bonds is 8. The SMILES string of the molecule is Cc1nc2c(F)c(-c3cccc(Cl)c3Cl)c(CCC#N)cc2c2c1cc([C@H]1C[C@H](n3cc(C45CC(CN4)C5)nn3)CN1C(=O)C1CC1)n2[C@H]1[C@H]2CN[C@@H]1C2. The van der Waals surface area contributed by atoms with Crippen molar-refractivity contribution in [3.8, 4) is 17.2 Å². The quantitative estimate of drug-likeness (QED) is 0.170. The molecule has 13 rings (SSSR count). The maximum absolute atomic E-state index is 17.3. The van der Waals surface area contributed by atoms with Gasteiger partial charge in [0.15, 0.2) is 5.82 Å². The molecule has 5 aliphatic heterocycles. The third-order valence-electron chi connectivity index (χ3n) is 13.6. The lowest BCUT2D eigenvalue weighted by molar-refractivity contribution is -0.133. The number of nitrogens with zero attached hydrogens (tertiary/aromatic N) is 7. The van der Waals surface area contributed by atoms with Gasteiger partial charge in [-0.2, -0.15) is 5.26 Å². The molecular weight excluding hydrogens is 724 g/mol. The van der Waals surface area contributed by atoms with Crippen molar-refractivity contribution in [3.05, 3.63) is 75.0 Å². The summed E-state index contributed by atoms with van der Waals surface area (Å²) in [4.78, 5) is 21.3. The molecule has 0 unspecified atom stereocenters. The van der Waals surface area contributed by atoms with Gasteiger partial charge >= 0.3 is 0 Å². The Morgan fingerprint density at radius 3 is 2.72 bits per heavy atom. The van der Waals surface area contributed by atoms with E-state index in [4.69, 9.17) is 28.2 Å². The van der Waals surface area contributed by atoms with Gasteiger partial charge in [-0.15, -0.1) is 5.10 Å². The van der Waals surface area contributed by atoms with E-state index in [2.05, 4.69) is 48.7 Å². The number of carbonyl (C=O) groups is 1. The number of aryl methyl sites for hydroxylation is 2. The molecule has 10 nitrogen and oxygen atoms in total. The number of hydrogen-bond acceptors (Lipinski definition) is 7. The van der Waals surface area contributed by atoms with Crippen molar-refractivity contribution in [1.29, 1.82) is 5.26 Å². The number of amides is 1. The summed E-state index contributed by atoms with van der Waals surface area (Å²) >= 11 is 13.2. The van der Waals surface area contributed by atoms with Crippen molar-refractivity contribution < 1.29 is 9.18 Å². The van der Waals surface area contributed by atoms with Gasteiger partial charge in [0.1, 0.15) is 11.2 Å². The summed E-state index contributed by atoms with van der Waals surface area (Å²) in [5, 5.41) is 28.7. The Bertz CT molecular complexity index is 2440. The maximum Gasteiger partial charge on any atom is 0.226 e. The Balaban J connectivity index is 1.10. The molecule has 1 amide bonds. The Morgan fingerprint density at radius 2 is 2.00 bits per heavy atom. The zero-order chi connectivity index (χ0) is 36.6. The Kier molecular flexibility index (Phi) is 7.37. The van der Waals surface area contributed by atoms with Crippen LogP contribution in [0.15, 0.2) is 36.5 Å². The van der Waals surface area contributed by atoms with Crippen LogP contribution in [-0.4, -0.2) is 61.0 Å². The fourth-order valence-corrected chi connectivity index (χ4v) is 11.1. The van der Waals surface area contributed by atoms with Crippen molar-refractivity contribution >= 4 is 50.9 Å². The van der Waals surface area contributed by atoms with Crippen LogP contribution in [-0.2, 0) is 16.8 Å². The molecule has 13 heteroatoms. The highest BCUT2D eigenvalue weighted by Gasteiger charge is 2.54. The zero-order valence-corrected chi connectivity index (χ0v) is 31.5. The third-order valence-corrected chi connectivity index (χ3v) is 14.5. The summed E-state index contributed by atoms with van der Waals surface area (Å²) in [5.41, 5.74) is 5.44. The van der Waals surface area contributed by atoms with E-state index in [1.54, 1.807) is 18.2 Å². The fourth-order valence-electron chi connectivity index (χ4n) is 10.7. The van der Waals surface area contributed by atoms with Crippen LogP contribution < -0.4 is 10.6 Å². The number of aromatic nitrogens is 5. The van der Waals surface area contributed by atoms with Crippen LogP contribution in [0, 0.1) is 41.8 Å².